The minimum Gasteiger partial charge on any atom is -0.497 e. The van der Waals surface area contributed by atoms with Crippen LogP contribution in [0.15, 0.2) is 59.5 Å². The van der Waals surface area contributed by atoms with E-state index in [1.807, 2.05) is 30.3 Å². The van der Waals surface area contributed by atoms with Gasteiger partial charge in [-0.1, -0.05) is 26.0 Å². The number of carbonyl (C=O) groups is 1. The minimum atomic E-state index is -0.261. The largest absolute Gasteiger partial charge is 0.497 e. The van der Waals surface area contributed by atoms with Crippen molar-refractivity contribution in [2.24, 2.45) is 5.92 Å². The van der Waals surface area contributed by atoms with Crippen molar-refractivity contribution in [3.63, 3.8) is 0 Å². The Kier molecular flexibility index (Phi) is 7.78. The zero-order valence-corrected chi connectivity index (χ0v) is 18.5. The van der Waals surface area contributed by atoms with Gasteiger partial charge in [0.1, 0.15) is 12.0 Å². The van der Waals surface area contributed by atoms with Crippen LogP contribution >= 0.6 is 0 Å². The molecule has 0 radical (unpaired) electrons. The van der Waals surface area contributed by atoms with Crippen molar-refractivity contribution in [2.45, 2.75) is 46.4 Å². The van der Waals surface area contributed by atoms with E-state index in [0.29, 0.717) is 30.9 Å². The second-order valence-electron chi connectivity index (χ2n) is 7.91. The number of amides is 1. The molecule has 0 fully saturated rings. The fourth-order valence-corrected chi connectivity index (χ4v) is 3.21. The first-order valence-corrected chi connectivity index (χ1v) is 10.4. The quantitative estimate of drug-likeness (QED) is 0.531. The van der Waals surface area contributed by atoms with E-state index >= 15 is 0 Å². The molecule has 3 aromatic rings. The number of oxazole rings is 1. The Morgan fingerprint density at radius 1 is 1.13 bits per heavy atom. The van der Waals surface area contributed by atoms with Gasteiger partial charge in [0, 0.05) is 31.5 Å². The number of benzene rings is 1. The monoisotopic (exact) mass is 422 g/mol. The number of methoxy groups -OCH3 is 1. The number of rotatable bonds is 10. The molecule has 1 amide bonds. The molecule has 0 aliphatic carbocycles. The maximum Gasteiger partial charge on any atom is 0.273 e. The summed E-state index contributed by atoms with van der Waals surface area (Å²) in [6.07, 6.45) is 4.81. The summed E-state index contributed by atoms with van der Waals surface area (Å²) in [7, 11) is 1.67. The van der Waals surface area contributed by atoms with Gasteiger partial charge in [-0.25, -0.2) is 4.98 Å². The molecule has 2 heterocycles. The van der Waals surface area contributed by atoms with Gasteiger partial charge in [-0.05, 0) is 48.2 Å². The van der Waals surface area contributed by atoms with Crippen LogP contribution in [0.4, 0.5) is 0 Å². The summed E-state index contributed by atoms with van der Waals surface area (Å²) < 4.78 is 11.0. The van der Waals surface area contributed by atoms with Crippen LogP contribution in [-0.2, 0) is 19.6 Å². The molecule has 1 N–H and O–H groups in total. The Bertz CT molecular complexity index is 972. The van der Waals surface area contributed by atoms with Gasteiger partial charge in [-0.3, -0.25) is 14.7 Å². The molecule has 0 aliphatic heterocycles. The van der Waals surface area contributed by atoms with Crippen LogP contribution < -0.4 is 10.1 Å². The number of pyridine rings is 1. The normalized spacial score (nSPS) is 12.2. The van der Waals surface area contributed by atoms with Crippen LogP contribution in [0.25, 0.3) is 0 Å². The van der Waals surface area contributed by atoms with E-state index in [9.17, 15) is 4.79 Å². The van der Waals surface area contributed by atoms with Gasteiger partial charge in [-0.15, -0.1) is 0 Å². The first kappa shape index (κ1) is 22.5. The predicted molar refractivity (Wildman–Crippen MR) is 118 cm³/mol. The zero-order chi connectivity index (χ0) is 22.2. The SMILES string of the molecule is COc1cccc(CN(Cc2nc(C(=O)NCc3ccncc3)co2)[C@@H](C)C(C)C)c1. The van der Waals surface area contributed by atoms with Crippen molar-refractivity contribution in [3.05, 3.63) is 77.8 Å². The number of hydrogen-bond acceptors (Lipinski definition) is 6. The molecule has 31 heavy (non-hydrogen) atoms. The maximum atomic E-state index is 12.4. The number of nitrogens with one attached hydrogen (secondary N) is 1. The highest BCUT2D eigenvalue weighted by Crippen LogP contribution is 2.20. The minimum absolute atomic E-state index is 0.261. The van der Waals surface area contributed by atoms with E-state index in [1.54, 1.807) is 19.5 Å². The summed E-state index contributed by atoms with van der Waals surface area (Å²) in [6, 6.07) is 12.1. The molecule has 0 saturated carbocycles. The third kappa shape index (κ3) is 6.39. The second kappa shape index (κ2) is 10.7. The van der Waals surface area contributed by atoms with Crippen LogP contribution in [0.5, 0.6) is 5.75 Å². The van der Waals surface area contributed by atoms with Crippen molar-refractivity contribution in [3.8, 4) is 5.75 Å². The fourth-order valence-electron chi connectivity index (χ4n) is 3.21. The van der Waals surface area contributed by atoms with Crippen molar-refractivity contribution in [1.82, 2.24) is 20.2 Å². The van der Waals surface area contributed by atoms with E-state index < -0.39 is 0 Å². The van der Waals surface area contributed by atoms with Crippen molar-refractivity contribution in [1.29, 1.82) is 0 Å². The van der Waals surface area contributed by atoms with Crippen molar-refractivity contribution >= 4 is 5.91 Å². The average Bonchev–Trinajstić information content (AvgIpc) is 3.26. The summed E-state index contributed by atoms with van der Waals surface area (Å²) >= 11 is 0. The molecule has 1 atom stereocenters. The molecule has 7 nitrogen and oxygen atoms in total. The van der Waals surface area contributed by atoms with Crippen molar-refractivity contribution < 1.29 is 13.9 Å². The van der Waals surface area contributed by atoms with Gasteiger partial charge < -0.3 is 14.5 Å². The van der Waals surface area contributed by atoms with Crippen LogP contribution in [0.3, 0.4) is 0 Å². The summed E-state index contributed by atoms with van der Waals surface area (Å²) in [5.41, 5.74) is 2.40. The highest BCUT2D eigenvalue weighted by molar-refractivity contribution is 5.91. The van der Waals surface area contributed by atoms with E-state index in [4.69, 9.17) is 9.15 Å². The van der Waals surface area contributed by atoms with Gasteiger partial charge in [-0.2, -0.15) is 0 Å². The summed E-state index contributed by atoms with van der Waals surface area (Å²) in [6.45, 7) is 8.22. The van der Waals surface area contributed by atoms with Gasteiger partial charge >= 0.3 is 0 Å². The number of aromatic nitrogens is 2. The lowest BCUT2D eigenvalue weighted by atomic mass is 10.0. The highest BCUT2D eigenvalue weighted by atomic mass is 16.5. The second-order valence-corrected chi connectivity index (χ2v) is 7.91. The lowest BCUT2D eigenvalue weighted by molar-refractivity contribution is 0.0945. The standard InChI is InChI=1S/C24H30N4O3/c1-17(2)18(3)28(14-20-6-5-7-21(12-20)30-4)15-23-27-22(16-31-23)24(29)26-13-19-8-10-25-11-9-19/h5-12,16-18H,13-15H2,1-4H3,(H,26,29)/t18-/m0/s1. The number of nitrogens with zero attached hydrogens (tertiary/aromatic N) is 3. The lowest BCUT2D eigenvalue weighted by Crippen LogP contribution is -2.36. The van der Waals surface area contributed by atoms with Gasteiger partial charge in [0.15, 0.2) is 5.69 Å². The molecular formula is C24H30N4O3. The zero-order valence-electron chi connectivity index (χ0n) is 18.5. The third-order valence-electron chi connectivity index (χ3n) is 5.39. The fraction of sp³-hybridized carbons (Fsp3) is 0.375. The Morgan fingerprint density at radius 2 is 1.90 bits per heavy atom. The maximum absolute atomic E-state index is 12.4. The summed E-state index contributed by atoms with van der Waals surface area (Å²) in [4.78, 5) is 23.1. The van der Waals surface area contributed by atoms with Gasteiger partial charge in [0.05, 0.1) is 13.7 Å². The molecular weight excluding hydrogens is 392 g/mol. The highest BCUT2D eigenvalue weighted by Gasteiger charge is 2.21. The first-order valence-electron chi connectivity index (χ1n) is 10.4. The van der Waals surface area contributed by atoms with Crippen LogP contribution in [0.1, 0.15) is 48.3 Å². The molecule has 0 saturated heterocycles. The third-order valence-corrected chi connectivity index (χ3v) is 5.39. The first-order chi connectivity index (χ1) is 15.0. The van der Waals surface area contributed by atoms with E-state index in [1.165, 1.54) is 6.26 Å². The molecule has 164 valence electrons. The number of ether oxygens (including phenoxy) is 1. The molecule has 7 heteroatoms. The summed E-state index contributed by atoms with van der Waals surface area (Å²) in [5, 5.41) is 2.86. The molecule has 1 aromatic carbocycles. The van der Waals surface area contributed by atoms with Crippen molar-refractivity contribution in [2.75, 3.05) is 7.11 Å². The van der Waals surface area contributed by atoms with E-state index in [2.05, 4.69) is 47.0 Å². The lowest BCUT2D eigenvalue weighted by Gasteiger charge is -2.30. The number of carbonyl (C=O) groups excluding carboxylic acids is 1. The molecule has 0 spiro atoms. The Labute approximate surface area is 183 Å². The molecule has 2 aromatic heterocycles. The number of hydrogen-bond donors (Lipinski definition) is 1. The summed E-state index contributed by atoms with van der Waals surface area (Å²) in [5.74, 6) is 1.54. The average molecular weight is 423 g/mol. The molecule has 3 rings (SSSR count). The molecule has 0 unspecified atom stereocenters. The molecule has 0 bridgehead atoms. The topological polar surface area (TPSA) is 80.5 Å². The Balaban J connectivity index is 1.66. The Morgan fingerprint density at radius 3 is 2.61 bits per heavy atom. The molecule has 0 aliphatic rings. The van der Waals surface area contributed by atoms with Gasteiger partial charge in [0.25, 0.3) is 5.91 Å². The van der Waals surface area contributed by atoms with Gasteiger partial charge in [0.2, 0.25) is 5.89 Å². The predicted octanol–water partition coefficient (Wildman–Crippen LogP) is 4.05. The van der Waals surface area contributed by atoms with Crippen LogP contribution in [-0.4, -0.2) is 33.9 Å². The Hall–Kier alpha value is -3.19. The van der Waals surface area contributed by atoms with Crippen LogP contribution in [0.2, 0.25) is 0 Å². The smallest absolute Gasteiger partial charge is 0.273 e. The van der Waals surface area contributed by atoms with E-state index in [0.717, 1.165) is 23.4 Å². The van der Waals surface area contributed by atoms with E-state index in [-0.39, 0.29) is 11.6 Å². The van der Waals surface area contributed by atoms with Crippen LogP contribution in [0, 0.1) is 5.92 Å².